The highest BCUT2D eigenvalue weighted by atomic mass is 35.5. The Hall–Kier alpha value is -2.33. The number of rotatable bonds is 7. The minimum absolute atomic E-state index is 0.0448. The van der Waals surface area contributed by atoms with Gasteiger partial charge in [-0.1, -0.05) is 53.6 Å². The van der Waals surface area contributed by atoms with E-state index in [4.69, 9.17) is 11.6 Å². The molecule has 5 heteroatoms. The molecule has 2 rings (SSSR count). The summed E-state index contributed by atoms with van der Waals surface area (Å²) < 4.78 is 0. The fourth-order valence-corrected chi connectivity index (χ4v) is 2.85. The van der Waals surface area contributed by atoms with Crippen molar-refractivity contribution in [2.45, 2.75) is 39.3 Å². The van der Waals surface area contributed by atoms with E-state index in [-0.39, 0.29) is 11.8 Å². The number of benzene rings is 2. The van der Waals surface area contributed by atoms with Crippen LogP contribution in [-0.2, 0) is 22.6 Å². The average Bonchev–Trinajstić information content (AvgIpc) is 2.65. The molecule has 2 amide bonds. The number of carbonyl (C=O) groups excluding carboxylic acids is 2. The molecule has 4 nitrogen and oxygen atoms in total. The Morgan fingerprint density at radius 3 is 2.19 bits per heavy atom. The van der Waals surface area contributed by atoms with Crippen molar-refractivity contribution in [1.82, 2.24) is 10.2 Å². The van der Waals surface area contributed by atoms with E-state index in [1.165, 1.54) is 5.56 Å². The van der Waals surface area contributed by atoms with Gasteiger partial charge in [-0.25, -0.2) is 0 Å². The lowest BCUT2D eigenvalue weighted by atomic mass is 10.1. The topological polar surface area (TPSA) is 49.4 Å². The largest absolute Gasteiger partial charge is 0.357 e. The number of nitrogens with one attached hydrogen (secondary N) is 1. The Kier molecular flexibility index (Phi) is 7.22. The van der Waals surface area contributed by atoms with Crippen molar-refractivity contribution in [1.29, 1.82) is 0 Å². The highest BCUT2D eigenvalue weighted by molar-refractivity contribution is 6.30. The van der Waals surface area contributed by atoms with Gasteiger partial charge in [-0.15, -0.1) is 0 Å². The van der Waals surface area contributed by atoms with Gasteiger partial charge in [0.05, 0.1) is 0 Å². The molecule has 0 saturated carbocycles. The normalized spacial score (nSPS) is 11.7. The van der Waals surface area contributed by atoms with E-state index < -0.39 is 6.04 Å². The van der Waals surface area contributed by atoms with E-state index >= 15 is 0 Å². The first kappa shape index (κ1) is 20.0. The number of carbonyl (C=O) groups is 2. The molecule has 0 heterocycles. The van der Waals surface area contributed by atoms with E-state index in [0.717, 1.165) is 11.1 Å². The number of halogens is 1. The Bertz CT molecular complexity index is 742. The number of aryl methyl sites for hydroxylation is 2. The van der Waals surface area contributed by atoms with Gasteiger partial charge in [0.2, 0.25) is 11.8 Å². The lowest BCUT2D eigenvalue weighted by Gasteiger charge is -2.28. The summed E-state index contributed by atoms with van der Waals surface area (Å²) >= 11 is 5.93. The quantitative estimate of drug-likeness (QED) is 0.804. The molecule has 138 valence electrons. The summed E-state index contributed by atoms with van der Waals surface area (Å²) in [7, 11) is 1.58. The molecule has 1 N–H and O–H groups in total. The fraction of sp³-hybridized carbons (Fsp3) is 0.333. The van der Waals surface area contributed by atoms with Crippen LogP contribution in [0.2, 0.25) is 5.02 Å². The summed E-state index contributed by atoms with van der Waals surface area (Å²) in [5.41, 5.74) is 3.24. The third-order valence-corrected chi connectivity index (χ3v) is 4.68. The van der Waals surface area contributed by atoms with E-state index in [2.05, 4.69) is 5.32 Å². The molecule has 0 unspecified atom stereocenters. The van der Waals surface area contributed by atoms with Gasteiger partial charge in [-0.2, -0.15) is 0 Å². The summed E-state index contributed by atoms with van der Waals surface area (Å²) in [5.74, 6) is -0.223. The zero-order valence-electron chi connectivity index (χ0n) is 15.5. The molecular weight excluding hydrogens is 348 g/mol. The van der Waals surface area contributed by atoms with Crippen molar-refractivity contribution in [2.24, 2.45) is 0 Å². The molecule has 0 saturated heterocycles. The first-order valence-electron chi connectivity index (χ1n) is 8.71. The van der Waals surface area contributed by atoms with Gasteiger partial charge in [0.15, 0.2) is 0 Å². The maximum atomic E-state index is 12.8. The van der Waals surface area contributed by atoms with Crippen LogP contribution in [-0.4, -0.2) is 29.8 Å². The van der Waals surface area contributed by atoms with Crippen molar-refractivity contribution >= 4 is 23.4 Å². The molecule has 0 fully saturated rings. The van der Waals surface area contributed by atoms with Crippen LogP contribution in [0.4, 0.5) is 0 Å². The zero-order valence-corrected chi connectivity index (χ0v) is 16.2. The number of hydrogen-bond acceptors (Lipinski definition) is 2. The smallest absolute Gasteiger partial charge is 0.242 e. The van der Waals surface area contributed by atoms with Crippen LogP contribution in [0, 0.1) is 6.92 Å². The van der Waals surface area contributed by atoms with Crippen molar-refractivity contribution in [3.05, 3.63) is 70.2 Å². The second kappa shape index (κ2) is 9.39. The maximum absolute atomic E-state index is 12.8. The lowest BCUT2D eigenvalue weighted by Crippen LogP contribution is -2.46. The Morgan fingerprint density at radius 1 is 1.04 bits per heavy atom. The summed E-state index contributed by atoms with van der Waals surface area (Å²) in [5, 5.41) is 3.26. The molecule has 0 aliphatic carbocycles. The highest BCUT2D eigenvalue weighted by Gasteiger charge is 2.25. The molecular formula is C21H25ClN2O2. The number of likely N-dealkylation sites (N-methyl/N-ethyl adjacent to an activating group) is 1. The maximum Gasteiger partial charge on any atom is 0.242 e. The number of hydrogen-bond donors (Lipinski definition) is 1. The summed E-state index contributed by atoms with van der Waals surface area (Å²) in [4.78, 5) is 26.5. The van der Waals surface area contributed by atoms with Gasteiger partial charge in [0, 0.05) is 25.0 Å². The predicted octanol–water partition coefficient (Wildman–Crippen LogP) is 3.74. The predicted molar refractivity (Wildman–Crippen MR) is 105 cm³/mol. The Morgan fingerprint density at radius 2 is 1.62 bits per heavy atom. The third kappa shape index (κ3) is 5.60. The van der Waals surface area contributed by atoms with Gasteiger partial charge in [0.25, 0.3) is 0 Å². The summed E-state index contributed by atoms with van der Waals surface area (Å²) in [6, 6.07) is 14.9. The van der Waals surface area contributed by atoms with Crippen LogP contribution in [0.15, 0.2) is 48.5 Å². The van der Waals surface area contributed by atoms with Gasteiger partial charge in [-0.05, 0) is 43.5 Å². The fourth-order valence-electron chi connectivity index (χ4n) is 2.73. The number of amides is 2. The van der Waals surface area contributed by atoms with E-state index in [0.29, 0.717) is 24.4 Å². The van der Waals surface area contributed by atoms with Gasteiger partial charge >= 0.3 is 0 Å². The van der Waals surface area contributed by atoms with Crippen LogP contribution < -0.4 is 5.32 Å². The van der Waals surface area contributed by atoms with Crippen LogP contribution in [0.1, 0.15) is 30.0 Å². The van der Waals surface area contributed by atoms with Crippen LogP contribution >= 0.6 is 11.6 Å². The van der Waals surface area contributed by atoms with Crippen LogP contribution in [0.3, 0.4) is 0 Å². The van der Waals surface area contributed by atoms with Crippen molar-refractivity contribution in [3.8, 4) is 0 Å². The molecule has 0 bridgehead atoms. The van der Waals surface area contributed by atoms with Gasteiger partial charge < -0.3 is 10.2 Å². The third-order valence-electron chi connectivity index (χ3n) is 4.43. The van der Waals surface area contributed by atoms with Gasteiger partial charge in [0.1, 0.15) is 6.04 Å². The van der Waals surface area contributed by atoms with Gasteiger partial charge in [-0.3, -0.25) is 9.59 Å². The molecule has 1 atom stereocenters. The SMILES string of the molecule is CNC(=O)[C@@H](C)N(Cc1ccc(Cl)cc1)C(=O)CCc1ccc(C)cc1. The Labute approximate surface area is 160 Å². The average molecular weight is 373 g/mol. The molecule has 2 aromatic carbocycles. The minimum atomic E-state index is -0.541. The van der Waals surface area contributed by atoms with E-state index in [1.54, 1.807) is 31.0 Å². The molecule has 0 aromatic heterocycles. The molecule has 0 spiro atoms. The monoisotopic (exact) mass is 372 g/mol. The van der Waals surface area contributed by atoms with Crippen molar-refractivity contribution in [3.63, 3.8) is 0 Å². The van der Waals surface area contributed by atoms with Crippen molar-refractivity contribution < 1.29 is 9.59 Å². The molecule has 0 aliphatic heterocycles. The Balaban J connectivity index is 2.10. The minimum Gasteiger partial charge on any atom is -0.357 e. The second-order valence-electron chi connectivity index (χ2n) is 6.42. The van der Waals surface area contributed by atoms with Crippen LogP contribution in [0.5, 0.6) is 0 Å². The zero-order chi connectivity index (χ0) is 19.1. The first-order valence-corrected chi connectivity index (χ1v) is 9.09. The number of nitrogens with zero attached hydrogens (tertiary/aromatic N) is 1. The van der Waals surface area contributed by atoms with E-state index in [1.807, 2.05) is 43.3 Å². The lowest BCUT2D eigenvalue weighted by molar-refractivity contribution is -0.140. The highest BCUT2D eigenvalue weighted by Crippen LogP contribution is 2.15. The summed E-state index contributed by atoms with van der Waals surface area (Å²) in [6.07, 6.45) is 1.01. The standard InChI is InChI=1S/C21H25ClN2O2/c1-15-4-6-17(7-5-15)10-13-20(25)24(16(2)21(26)23-3)14-18-8-11-19(22)12-9-18/h4-9,11-12,16H,10,13-14H2,1-3H3,(H,23,26)/t16-/m1/s1. The second-order valence-corrected chi connectivity index (χ2v) is 6.86. The molecule has 0 aliphatic rings. The first-order chi connectivity index (χ1) is 12.4. The summed E-state index contributed by atoms with van der Waals surface area (Å²) in [6.45, 7) is 4.16. The molecule has 2 aromatic rings. The van der Waals surface area contributed by atoms with E-state index in [9.17, 15) is 9.59 Å². The molecule has 0 radical (unpaired) electrons. The van der Waals surface area contributed by atoms with Crippen LogP contribution in [0.25, 0.3) is 0 Å². The molecule has 26 heavy (non-hydrogen) atoms. The van der Waals surface area contributed by atoms with Crippen molar-refractivity contribution in [2.75, 3.05) is 7.05 Å².